The maximum atomic E-state index is 11.4. The Morgan fingerprint density at radius 1 is 1.32 bits per heavy atom. The van der Waals surface area contributed by atoms with Gasteiger partial charge < -0.3 is 10.2 Å². The van der Waals surface area contributed by atoms with Crippen LogP contribution in [0.3, 0.4) is 0 Å². The summed E-state index contributed by atoms with van der Waals surface area (Å²) in [5.41, 5.74) is -0.147. The predicted molar refractivity (Wildman–Crippen MR) is 84.4 cm³/mol. The van der Waals surface area contributed by atoms with E-state index in [2.05, 4.69) is 27.2 Å². The second-order valence-electron chi connectivity index (χ2n) is 4.77. The number of aromatic nitrogens is 3. The van der Waals surface area contributed by atoms with Crippen LogP contribution in [0.2, 0.25) is 0 Å². The minimum Gasteiger partial charge on any atom is -0.354 e. The Bertz CT molecular complexity index is 634. The Kier molecular flexibility index (Phi) is 5.18. The standard InChI is InChI=1S/C14H18N6O2/c1-3-4-9-19(2)14-12(20(21)22)13(16-10-17-14)18-11-7-5-6-8-15-11/h5-8,10H,3-4,9H2,1-2H3,(H,15,16,17,18). The molecule has 0 saturated carbocycles. The molecule has 0 radical (unpaired) electrons. The minimum absolute atomic E-state index is 0.136. The maximum Gasteiger partial charge on any atom is 0.353 e. The normalized spacial score (nSPS) is 10.3. The molecule has 0 unspecified atom stereocenters. The summed E-state index contributed by atoms with van der Waals surface area (Å²) in [7, 11) is 1.79. The molecule has 0 aliphatic heterocycles. The summed E-state index contributed by atoms with van der Waals surface area (Å²) >= 11 is 0. The second kappa shape index (κ2) is 7.30. The van der Waals surface area contributed by atoms with Gasteiger partial charge in [-0.05, 0) is 18.6 Å². The van der Waals surface area contributed by atoms with Crippen LogP contribution in [-0.2, 0) is 0 Å². The van der Waals surface area contributed by atoms with Crippen LogP contribution >= 0.6 is 0 Å². The summed E-state index contributed by atoms with van der Waals surface area (Å²) in [6.07, 6.45) is 4.85. The molecule has 1 N–H and O–H groups in total. The lowest BCUT2D eigenvalue weighted by Crippen LogP contribution is -2.21. The lowest BCUT2D eigenvalue weighted by molar-refractivity contribution is -0.383. The van der Waals surface area contributed by atoms with Gasteiger partial charge in [0.25, 0.3) is 0 Å². The Morgan fingerprint density at radius 2 is 2.14 bits per heavy atom. The molecule has 0 aliphatic rings. The number of hydrogen-bond acceptors (Lipinski definition) is 7. The molecule has 0 aromatic carbocycles. The van der Waals surface area contributed by atoms with E-state index in [0.717, 1.165) is 12.8 Å². The molecule has 0 amide bonds. The molecule has 2 aromatic rings. The first kappa shape index (κ1) is 15.6. The zero-order valence-corrected chi connectivity index (χ0v) is 12.6. The van der Waals surface area contributed by atoms with Gasteiger partial charge in [0.05, 0.1) is 4.92 Å². The minimum atomic E-state index is -0.469. The van der Waals surface area contributed by atoms with Gasteiger partial charge in [0.2, 0.25) is 11.6 Å². The van der Waals surface area contributed by atoms with Crippen LogP contribution in [0.15, 0.2) is 30.7 Å². The number of anilines is 3. The largest absolute Gasteiger partial charge is 0.354 e. The number of nitrogens with zero attached hydrogens (tertiary/aromatic N) is 5. The van der Waals surface area contributed by atoms with Crippen molar-refractivity contribution in [2.24, 2.45) is 0 Å². The highest BCUT2D eigenvalue weighted by molar-refractivity contribution is 5.73. The number of pyridine rings is 1. The number of nitro groups is 1. The van der Waals surface area contributed by atoms with Crippen molar-refractivity contribution in [1.29, 1.82) is 0 Å². The van der Waals surface area contributed by atoms with Gasteiger partial charge in [0.1, 0.15) is 12.1 Å². The van der Waals surface area contributed by atoms with Crippen LogP contribution < -0.4 is 10.2 Å². The van der Waals surface area contributed by atoms with E-state index in [1.54, 1.807) is 36.3 Å². The van der Waals surface area contributed by atoms with Gasteiger partial charge in [0.15, 0.2) is 0 Å². The first-order valence-electron chi connectivity index (χ1n) is 7.02. The van der Waals surface area contributed by atoms with Gasteiger partial charge in [-0.3, -0.25) is 10.1 Å². The average Bonchev–Trinajstić information content (AvgIpc) is 2.53. The van der Waals surface area contributed by atoms with E-state index in [9.17, 15) is 10.1 Å². The monoisotopic (exact) mass is 302 g/mol. The fourth-order valence-electron chi connectivity index (χ4n) is 1.97. The molecule has 0 saturated heterocycles. The second-order valence-corrected chi connectivity index (χ2v) is 4.77. The third kappa shape index (κ3) is 3.66. The fourth-order valence-corrected chi connectivity index (χ4v) is 1.97. The molecular formula is C14H18N6O2. The molecule has 0 fully saturated rings. The summed E-state index contributed by atoms with van der Waals surface area (Å²) in [5, 5.41) is 14.3. The number of rotatable bonds is 7. The molecule has 2 rings (SSSR count). The van der Waals surface area contributed by atoms with Crippen molar-refractivity contribution in [3.05, 3.63) is 40.8 Å². The van der Waals surface area contributed by atoms with E-state index in [1.165, 1.54) is 6.33 Å². The van der Waals surface area contributed by atoms with Crippen molar-refractivity contribution >= 4 is 23.1 Å². The van der Waals surface area contributed by atoms with E-state index in [1.807, 2.05) is 0 Å². The van der Waals surface area contributed by atoms with E-state index < -0.39 is 4.92 Å². The summed E-state index contributed by atoms with van der Waals surface area (Å²) in [5.74, 6) is 0.926. The lowest BCUT2D eigenvalue weighted by Gasteiger charge is -2.18. The van der Waals surface area contributed by atoms with Crippen LogP contribution in [0.4, 0.5) is 23.1 Å². The zero-order valence-electron chi connectivity index (χ0n) is 12.6. The van der Waals surface area contributed by atoms with Gasteiger partial charge in [0, 0.05) is 19.8 Å². The smallest absolute Gasteiger partial charge is 0.353 e. The average molecular weight is 302 g/mol. The Hall–Kier alpha value is -2.77. The molecule has 0 atom stereocenters. The van der Waals surface area contributed by atoms with Gasteiger partial charge in [-0.15, -0.1) is 0 Å². The van der Waals surface area contributed by atoms with Crippen LogP contribution in [-0.4, -0.2) is 33.5 Å². The molecule has 8 nitrogen and oxygen atoms in total. The number of unbranched alkanes of at least 4 members (excludes halogenated alkanes) is 1. The molecule has 0 bridgehead atoms. The molecular weight excluding hydrogens is 284 g/mol. The van der Waals surface area contributed by atoms with Gasteiger partial charge in [-0.25, -0.2) is 15.0 Å². The lowest BCUT2D eigenvalue weighted by atomic mass is 10.3. The van der Waals surface area contributed by atoms with E-state index >= 15 is 0 Å². The van der Waals surface area contributed by atoms with Crippen LogP contribution in [0.1, 0.15) is 19.8 Å². The van der Waals surface area contributed by atoms with E-state index in [-0.39, 0.29) is 11.5 Å². The molecule has 0 spiro atoms. The summed E-state index contributed by atoms with van der Waals surface area (Å²) in [6, 6.07) is 5.27. The Balaban J connectivity index is 2.36. The molecule has 0 aliphatic carbocycles. The van der Waals surface area contributed by atoms with Crippen molar-refractivity contribution in [1.82, 2.24) is 15.0 Å². The van der Waals surface area contributed by atoms with E-state index in [4.69, 9.17) is 0 Å². The van der Waals surface area contributed by atoms with E-state index in [0.29, 0.717) is 18.2 Å². The predicted octanol–water partition coefficient (Wildman–Crippen LogP) is 2.76. The molecule has 8 heteroatoms. The highest BCUT2D eigenvalue weighted by Gasteiger charge is 2.25. The number of nitrogens with one attached hydrogen (secondary N) is 1. The summed E-state index contributed by atoms with van der Waals surface area (Å²) < 4.78 is 0. The summed E-state index contributed by atoms with van der Waals surface area (Å²) in [6.45, 7) is 2.76. The third-order valence-electron chi connectivity index (χ3n) is 3.11. The fraction of sp³-hybridized carbons (Fsp3) is 0.357. The van der Waals surface area contributed by atoms with Crippen molar-refractivity contribution < 1.29 is 4.92 Å². The van der Waals surface area contributed by atoms with Crippen molar-refractivity contribution in [2.75, 3.05) is 23.8 Å². The Labute approximate surface area is 128 Å². The maximum absolute atomic E-state index is 11.4. The van der Waals surface area contributed by atoms with Crippen LogP contribution in [0.25, 0.3) is 0 Å². The van der Waals surface area contributed by atoms with Gasteiger partial charge >= 0.3 is 5.69 Å². The van der Waals surface area contributed by atoms with Crippen molar-refractivity contribution in [2.45, 2.75) is 19.8 Å². The SMILES string of the molecule is CCCCN(C)c1ncnc(Nc2ccccn2)c1[N+](=O)[O-]. The highest BCUT2D eigenvalue weighted by Crippen LogP contribution is 2.32. The van der Waals surface area contributed by atoms with Crippen LogP contribution in [0.5, 0.6) is 0 Å². The Morgan fingerprint density at radius 3 is 2.77 bits per heavy atom. The molecule has 116 valence electrons. The number of hydrogen-bond donors (Lipinski definition) is 1. The van der Waals surface area contributed by atoms with Gasteiger partial charge in [-0.1, -0.05) is 19.4 Å². The van der Waals surface area contributed by atoms with Crippen LogP contribution in [0, 0.1) is 10.1 Å². The molecule has 2 aromatic heterocycles. The highest BCUT2D eigenvalue weighted by atomic mass is 16.6. The van der Waals surface area contributed by atoms with Crippen molar-refractivity contribution in [3.8, 4) is 0 Å². The topological polar surface area (TPSA) is 97.1 Å². The van der Waals surface area contributed by atoms with Crippen molar-refractivity contribution in [3.63, 3.8) is 0 Å². The third-order valence-corrected chi connectivity index (χ3v) is 3.11. The first-order valence-corrected chi connectivity index (χ1v) is 7.02. The van der Waals surface area contributed by atoms with Gasteiger partial charge in [-0.2, -0.15) is 0 Å². The first-order chi connectivity index (χ1) is 10.6. The zero-order chi connectivity index (χ0) is 15.9. The molecule has 22 heavy (non-hydrogen) atoms. The summed E-state index contributed by atoms with van der Waals surface area (Å²) in [4.78, 5) is 24.9. The molecule has 2 heterocycles. The quantitative estimate of drug-likeness (QED) is 0.620.